The van der Waals surface area contributed by atoms with Crippen LogP contribution in [0.15, 0.2) is 18.2 Å². The highest BCUT2D eigenvalue weighted by Crippen LogP contribution is 2.33. The first kappa shape index (κ1) is 15.5. The van der Waals surface area contributed by atoms with E-state index < -0.39 is 0 Å². The van der Waals surface area contributed by atoms with Gasteiger partial charge in [0.15, 0.2) is 11.5 Å². The van der Waals surface area contributed by atoms with Crippen LogP contribution in [-0.4, -0.2) is 23.2 Å². The van der Waals surface area contributed by atoms with Crippen LogP contribution in [0, 0.1) is 18.5 Å². The first-order valence-corrected chi connectivity index (χ1v) is 7.45. The number of benzene rings is 1. The van der Waals surface area contributed by atoms with Gasteiger partial charge in [-0.15, -0.1) is 0 Å². The van der Waals surface area contributed by atoms with E-state index in [1.807, 2.05) is 45.9 Å². The fourth-order valence-electron chi connectivity index (χ4n) is 2.14. The number of nitrogens with one attached hydrogen (secondary N) is 1. The third-order valence-corrected chi connectivity index (χ3v) is 3.50. The van der Waals surface area contributed by atoms with Gasteiger partial charge in [0.05, 0.1) is 18.9 Å². The Balaban J connectivity index is 2.55. The second-order valence-corrected chi connectivity index (χ2v) is 5.04. The topological polar surface area (TPSA) is 47.1 Å². The van der Waals surface area contributed by atoms with Crippen LogP contribution in [0.5, 0.6) is 11.5 Å². The van der Waals surface area contributed by atoms with Crippen molar-refractivity contribution >= 4 is 12.2 Å². The molecular formula is C16H20N2O2S. The SMILES string of the molecule is CCOc1ccc(-c2[nH]c(C)nc(=S)c2C)cc1OCC. The van der Waals surface area contributed by atoms with Crippen molar-refractivity contribution in [2.45, 2.75) is 27.7 Å². The zero-order valence-corrected chi connectivity index (χ0v) is 13.6. The van der Waals surface area contributed by atoms with Crippen molar-refractivity contribution in [3.63, 3.8) is 0 Å². The summed E-state index contributed by atoms with van der Waals surface area (Å²) in [7, 11) is 0. The first-order chi connectivity index (χ1) is 10.1. The summed E-state index contributed by atoms with van der Waals surface area (Å²) >= 11 is 5.29. The number of nitrogens with zero attached hydrogens (tertiary/aromatic N) is 1. The van der Waals surface area contributed by atoms with Gasteiger partial charge >= 0.3 is 0 Å². The maximum atomic E-state index is 5.67. The fourth-order valence-corrected chi connectivity index (χ4v) is 2.38. The maximum Gasteiger partial charge on any atom is 0.161 e. The van der Waals surface area contributed by atoms with Gasteiger partial charge in [0, 0.05) is 11.1 Å². The molecule has 0 fully saturated rings. The highest BCUT2D eigenvalue weighted by Gasteiger charge is 2.11. The van der Waals surface area contributed by atoms with E-state index in [2.05, 4.69) is 9.97 Å². The van der Waals surface area contributed by atoms with Gasteiger partial charge in [-0.3, -0.25) is 0 Å². The van der Waals surface area contributed by atoms with E-state index in [9.17, 15) is 0 Å². The van der Waals surface area contributed by atoms with E-state index in [-0.39, 0.29) is 0 Å². The van der Waals surface area contributed by atoms with Crippen LogP contribution in [0.4, 0.5) is 0 Å². The molecule has 1 N–H and O–H groups in total. The minimum absolute atomic E-state index is 0.591. The summed E-state index contributed by atoms with van der Waals surface area (Å²) in [6, 6.07) is 5.90. The van der Waals surface area contributed by atoms with Crippen molar-refractivity contribution in [1.82, 2.24) is 9.97 Å². The summed E-state index contributed by atoms with van der Waals surface area (Å²) in [4.78, 5) is 7.55. The zero-order valence-electron chi connectivity index (χ0n) is 12.8. The second kappa shape index (κ2) is 6.72. The maximum absolute atomic E-state index is 5.67. The van der Waals surface area contributed by atoms with E-state index >= 15 is 0 Å². The lowest BCUT2D eigenvalue weighted by Gasteiger charge is -2.14. The van der Waals surface area contributed by atoms with Crippen molar-refractivity contribution in [2.75, 3.05) is 13.2 Å². The highest BCUT2D eigenvalue weighted by molar-refractivity contribution is 7.71. The van der Waals surface area contributed by atoms with Gasteiger partial charge in [0.1, 0.15) is 10.5 Å². The molecule has 0 saturated carbocycles. The Kier molecular flexibility index (Phi) is 4.96. The number of H-pyrrole nitrogens is 1. The molecule has 0 atom stereocenters. The number of aryl methyl sites for hydroxylation is 1. The Hall–Kier alpha value is -1.88. The minimum atomic E-state index is 0.591. The van der Waals surface area contributed by atoms with Gasteiger partial charge in [0.25, 0.3) is 0 Å². The van der Waals surface area contributed by atoms with Gasteiger partial charge < -0.3 is 14.5 Å². The number of ether oxygens (including phenoxy) is 2. The first-order valence-electron chi connectivity index (χ1n) is 7.04. The zero-order chi connectivity index (χ0) is 15.4. The summed E-state index contributed by atoms with van der Waals surface area (Å²) in [6.45, 7) is 8.98. The lowest BCUT2D eigenvalue weighted by Crippen LogP contribution is -2.00. The lowest BCUT2D eigenvalue weighted by atomic mass is 10.1. The smallest absolute Gasteiger partial charge is 0.161 e. The minimum Gasteiger partial charge on any atom is -0.490 e. The van der Waals surface area contributed by atoms with E-state index in [0.717, 1.165) is 34.1 Å². The fraction of sp³-hybridized carbons (Fsp3) is 0.375. The number of hydrogen-bond donors (Lipinski definition) is 1. The van der Waals surface area contributed by atoms with Crippen LogP contribution >= 0.6 is 12.2 Å². The van der Waals surface area contributed by atoms with Crippen LogP contribution in [-0.2, 0) is 0 Å². The van der Waals surface area contributed by atoms with Crippen LogP contribution in [0.3, 0.4) is 0 Å². The molecule has 0 bridgehead atoms. The van der Waals surface area contributed by atoms with Gasteiger partial charge in [0.2, 0.25) is 0 Å². The second-order valence-electron chi connectivity index (χ2n) is 4.65. The molecule has 2 aromatic rings. The Bertz CT molecular complexity index is 695. The van der Waals surface area contributed by atoms with E-state index in [0.29, 0.717) is 17.9 Å². The number of aromatic amines is 1. The molecule has 0 unspecified atom stereocenters. The van der Waals surface area contributed by atoms with Crippen molar-refractivity contribution in [3.8, 4) is 22.8 Å². The quantitative estimate of drug-likeness (QED) is 0.840. The molecular weight excluding hydrogens is 284 g/mol. The Morgan fingerprint density at radius 3 is 2.43 bits per heavy atom. The molecule has 112 valence electrons. The molecule has 4 nitrogen and oxygen atoms in total. The monoisotopic (exact) mass is 304 g/mol. The van der Waals surface area contributed by atoms with Gasteiger partial charge in [-0.25, -0.2) is 4.98 Å². The average Bonchev–Trinajstić information content (AvgIpc) is 2.45. The number of aromatic nitrogens is 2. The summed E-state index contributed by atoms with van der Waals surface area (Å²) in [5, 5.41) is 0. The summed E-state index contributed by atoms with van der Waals surface area (Å²) < 4.78 is 11.9. The Morgan fingerprint density at radius 1 is 1.10 bits per heavy atom. The molecule has 0 aliphatic rings. The van der Waals surface area contributed by atoms with Crippen molar-refractivity contribution < 1.29 is 9.47 Å². The average molecular weight is 304 g/mol. The van der Waals surface area contributed by atoms with Crippen LogP contribution in [0.2, 0.25) is 0 Å². The molecule has 0 aliphatic heterocycles. The van der Waals surface area contributed by atoms with Crippen molar-refractivity contribution in [2.24, 2.45) is 0 Å². The molecule has 0 saturated heterocycles. The number of hydrogen-bond acceptors (Lipinski definition) is 4. The lowest BCUT2D eigenvalue weighted by molar-refractivity contribution is 0.288. The van der Waals surface area contributed by atoms with Crippen LogP contribution in [0.25, 0.3) is 11.3 Å². The molecule has 1 aromatic heterocycles. The normalized spacial score (nSPS) is 10.5. The molecule has 0 spiro atoms. The van der Waals surface area contributed by atoms with E-state index in [1.165, 1.54) is 0 Å². The third-order valence-electron chi connectivity index (χ3n) is 3.10. The number of rotatable bonds is 5. The van der Waals surface area contributed by atoms with Gasteiger partial charge in [-0.05, 0) is 45.9 Å². The highest BCUT2D eigenvalue weighted by atomic mass is 32.1. The van der Waals surface area contributed by atoms with Gasteiger partial charge in [-0.1, -0.05) is 12.2 Å². The molecule has 21 heavy (non-hydrogen) atoms. The van der Waals surface area contributed by atoms with Gasteiger partial charge in [-0.2, -0.15) is 0 Å². The largest absolute Gasteiger partial charge is 0.490 e. The summed E-state index contributed by atoms with van der Waals surface area (Å²) in [5.74, 6) is 2.29. The molecule has 2 rings (SSSR count). The molecule has 0 radical (unpaired) electrons. The predicted molar refractivity (Wildman–Crippen MR) is 86.7 cm³/mol. The summed E-state index contributed by atoms with van der Waals surface area (Å²) in [5.41, 5.74) is 2.94. The Morgan fingerprint density at radius 2 is 1.76 bits per heavy atom. The van der Waals surface area contributed by atoms with Crippen LogP contribution < -0.4 is 9.47 Å². The third kappa shape index (κ3) is 3.42. The van der Waals surface area contributed by atoms with E-state index in [1.54, 1.807) is 0 Å². The molecule has 1 heterocycles. The van der Waals surface area contributed by atoms with Crippen molar-refractivity contribution in [3.05, 3.63) is 34.2 Å². The Labute approximate surface area is 130 Å². The molecule has 1 aromatic carbocycles. The molecule has 0 amide bonds. The van der Waals surface area contributed by atoms with Crippen LogP contribution in [0.1, 0.15) is 25.2 Å². The molecule has 5 heteroatoms. The molecule has 0 aliphatic carbocycles. The summed E-state index contributed by atoms with van der Waals surface area (Å²) in [6.07, 6.45) is 0. The standard InChI is InChI=1S/C16H20N2O2S/c1-5-19-13-8-7-12(9-14(13)20-6-2)15-10(3)16(21)18-11(4)17-15/h7-9H,5-6H2,1-4H3,(H,17,18,21). The van der Waals surface area contributed by atoms with Crippen molar-refractivity contribution in [1.29, 1.82) is 0 Å². The predicted octanol–water partition coefficient (Wildman–Crippen LogP) is 4.22. The van der Waals surface area contributed by atoms with E-state index in [4.69, 9.17) is 21.7 Å².